The molecule has 0 amide bonds. The number of hydrogen-bond donors (Lipinski definition) is 2. The van der Waals surface area contributed by atoms with Crippen LogP contribution < -0.4 is 10.6 Å². The number of rotatable bonds is 6. The molecule has 1 atom stereocenters. The van der Waals surface area contributed by atoms with Crippen molar-refractivity contribution in [3.63, 3.8) is 0 Å². The van der Waals surface area contributed by atoms with Crippen molar-refractivity contribution in [3.8, 4) is 0 Å². The van der Waals surface area contributed by atoms with Crippen molar-refractivity contribution < 1.29 is 0 Å². The average Bonchev–Trinajstić information content (AvgIpc) is 2.90. The number of aromatic nitrogens is 1. The fourth-order valence-electron chi connectivity index (χ4n) is 2.79. The summed E-state index contributed by atoms with van der Waals surface area (Å²) in [5, 5.41) is 7.81. The number of hydrogen-bond acceptors (Lipinski definition) is 4. The van der Waals surface area contributed by atoms with E-state index in [0.717, 1.165) is 36.5 Å². The summed E-state index contributed by atoms with van der Waals surface area (Å²) in [4.78, 5) is 12.8. The van der Waals surface area contributed by atoms with Crippen molar-refractivity contribution in [3.05, 3.63) is 16.1 Å². The molecule has 0 radical (unpaired) electrons. The van der Waals surface area contributed by atoms with Gasteiger partial charge in [0.1, 0.15) is 5.01 Å². The maximum Gasteiger partial charge on any atom is 0.191 e. The topological polar surface area (TPSA) is 52.6 Å². The number of piperidine rings is 1. The van der Waals surface area contributed by atoms with Crippen LogP contribution in [0.3, 0.4) is 0 Å². The van der Waals surface area contributed by atoms with E-state index < -0.39 is 0 Å². The van der Waals surface area contributed by atoms with Crippen molar-refractivity contribution in [2.45, 2.75) is 40.2 Å². The number of thiazole rings is 1. The second-order valence-electron chi connectivity index (χ2n) is 6.03. The van der Waals surface area contributed by atoms with Crippen LogP contribution >= 0.6 is 11.3 Å². The van der Waals surface area contributed by atoms with Gasteiger partial charge in [0, 0.05) is 37.3 Å². The quantitative estimate of drug-likeness (QED) is 0.623. The predicted octanol–water partition coefficient (Wildman–Crippen LogP) is 2.24. The minimum atomic E-state index is 0.647. The van der Waals surface area contributed by atoms with Gasteiger partial charge in [-0.2, -0.15) is 0 Å². The number of guanidine groups is 1. The van der Waals surface area contributed by atoms with Crippen LogP contribution in [-0.2, 0) is 6.54 Å². The summed E-state index contributed by atoms with van der Waals surface area (Å²) in [5.74, 6) is 1.73. The zero-order valence-electron chi connectivity index (χ0n) is 14.1. The Morgan fingerprint density at radius 1 is 1.50 bits per heavy atom. The Bertz CT molecular complexity index is 471. The molecule has 2 rings (SSSR count). The van der Waals surface area contributed by atoms with E-state index in [4.69, 9.17) is 0 Å². The number of aryl methyl sites for hydroxylation is 1. The lowest BCUT2D eigenvalue weighted by Gasteiger charge is -2.30. The van der Waals surface area contributed by atoms with Gasteiger partial charge in [-0.1, -0.05) is 6.92 Å². The second kappa shape index (κ2) is 9.10. The molecule has 2 heterocycles. The van der Waals surface area contributed by atoms with E-state index in [1.807, 2.05) is 6.20 Å². The molecule has 6 heteroatoms. The van der Waals surface area contributed by atoms with E-state index in [9.17, 15) is 0 Å². The molecule has 1 saturated heterocycles. The van der Waals surface area contributed by atoms with Crippen LogP contribution in [-0.4, -0.2) is 48.6 Å². The lowest BCUT2D eigenvalue weighted by Crippen LogP contribution is -2.43. The van der Waals surface area contributed by atoms with E-state index >= 15 is 0 Å². The molecule has 0 aromatic carbocycles. The number of likely N-dealkylation sites (tertiary alicyclic amines) is 1. The van der Waals surface area contributed by atoms with Gasteiger partial charge in [0.05, 0.1) is 6.54 Å². The maximum absolute atomic E-state index is 4.62. The molecule has 0 aliphatic carbocycles. The van der Waals surface area contributed by atoms with Crippen molar-refractivity contribution in [1.29, 1.82) is 0 Å². The molecular formula is C16H29N5S. The summed E-state index contributed by atoms with van der Waals surface area (Å²) in [7, 11) is 0. The summed E-state index contributed by atoms with van der Waals surface area (Å²) in [6.45, 7) is 12.5. The Balaban J connectivity index is 1.75. The highest BCUT2D eigenvalue weighted by Gasteiger charge is 2.15. The fourth-order valence-corrected chi connectivity index (χ4v) is 3.50. The van der Waals surface area contributed by atoms with Crippen LogP contribution in [0.1, 0.15) is 36.6 Å². The lowest BCUT2D eigenvalue weighted by atomic mass is 10.0. The van der Waals surface area contributed by atoms with Gasteiger partial charge in [-0.05, 0) is 39.2 Å². The predicted molar refractivity (Wildman–Crippen MR) is 94.5 cm³/mol. The minimum Gasteiger partial charge on any atom is -0.357 e. The minimum absolute atomic E-state index is 0.647. The van der Waals surface area contributed by atoms with Crippen molar-refractivity contribution in [2.24, 2.45) is 10.9 Å². The van der Waals surface area contributed by atoms with Gasteiger partial charge in [-0.25, -0.2) is 9.98 Å². The van der Waals surface area contributed by atoms with Crippen LogP contribution in [0, 0.1) is 12.8 Å². The van der Waals surface area contributed by atoms with Gasteiger partial charge in [0.2, 0.25) is 0 Å². The van der Waals surface area contributed by atoms with Gasteiger partial charge in [-0.3, -0.25) is 0 Å². The van der Waals surface area contributed by atoms with E-state index in [1.54, 1.807) is 11.3 Å². The standard InChI is InChI=1S/C16H29N5S/c1-4-17-16(20-11-15-19-10-14(3)22-15)18-7-9-21-8-5-6-13(2)12-21/h10,13H,4-9,11-12H2,1-3H3,(H2,17,18,20). The van der Waals surface area contributed by atoms with Crippen molar-refractivity contribution in [2.75, 3.05) is 32.7 Å². The molecule has 1 aliphatic rings. The molecule has 1 aromatic heterocycles. The van der Waals surface area contributed by atoms with Gasteiger partial charge in [-0.15, -0.1) is 11.3 Å². The monoisotopic (exact) mass is 323 g/mol. The first kappa shape index (κ1) is 17.2. The van der Waals surface area contributed by atoms with Crippen LogP contribution in [0.25, 0.3) is 0 Å². The van der Waals surface area contributed by atoms with Crippen molar-refractivity contribution >= 4 is 17.3 Å². The van der Waals surface area contributed by atoms with Crippen molar-refractivity contribution in [1.82, 2.24) is 20.5 Å². The van der Waals surface area contributed by atoms with Gasteiger partial charge >= 0.3 is 0 Å². The fraction of sp³-hybridized carbons (Fsp3) is 0.750. The van der Waals surface area contributed by atoms with Crippen LogP contribution in [0.5, 0.6) is 0 Å². The molecule has 124 valence electrons. The molecule has 0 saturated carbocycles. The first-order chi connectivity index (χ1) is 10.7. The first-order valence-electron chi connectivity index (χ1n) is 8.33. The second-order valence-corrected chi connectivity index (χ2v) is 7.35. The van der Waals surface area contributed by atoms with Gasteiger partial charge in [0.25, 0.3) is 0 Å². The normalized spacial score (nSPS) is 20.1. The molecule has 1 aromatic rings. The van der Waals surface area contributed by atoms with E-state index in [-0.39, 0.29) is 0 Å². The molecule has 1 unspecified atom stereocenters. The summed E-state index contributed by atoms with van der Waals surface area (Å²) in [5.41, 5.74) is 0. The van der Waals surface area contributed by atoms with Crippen LogP contribution in [0.2, 0.25) is 0 Å². The molecule has 5 nitrogen and oxygen atoms in total. The van der Waals surface area contributed by atoms with Crippen LogP contribution in [0.4, 0.5) is 0 Å². The molecule has 22 heavy (non-hydrogen) atoms. The molecule has 1 fully saturated rings. The Hall–Kier alpha value is -1.14. The summed E-state index contributed by atoms with van der Waals surface area (Å²) in [6, 6.07) is 0. The number of nitrogens with zero attached hydrogens (tertiary/aromatic N) is 3. The SMILES string of the molecule is CCNC(=NCc1ncc(C)s1)NCCN1CCCC(C)C1. The molecule has 1 aliphatic heterocycles. The third-order valence-corrected chi connectivity index (χ3v) is 4.74. The first-order valence-corrected chi connectivity index (χ1v) is 9.15. The Morgan fingerprint density at radius 3 is 3.05 bits per heavy atom. The smallest absolute Gasteiger partial charge is 0.191 e. The summed E-state index contributed by atoms with van der Waals surface area (Å²) < 4.78 is 0. The Kier molecular flexibility index (Phi) is 7.12. The van der Waals surface area contributed by atoms with E-state index in [1.165, 1.54) is 30.8 Å². The highest BCUT2D eigenvalue weighted by atomic mass is 32.1. The highest BCUT2D eigenvalue weighted by Crippen LogP contribution is 2.14. The van der Waals surface area contributed by atoms with Gasteiger partial charge < -0.3 is 15.5 Å². The molecule has 0 bridgehead atoms. The Labute approximate surface area is 138 Å². The van der Waals surface area contributed by atoms with E-state index in [0.29, 0.717) is 6.54 Å². The molecule has 2 N–H and O–H groups in total. The zero-order chi connectivity index (χ0) is 15.8. The maximum atomic E-state index is 4.62. The largest absolute Gasteiger partial charge is 0.357 e. The lowest BCUT2D eigenvalue weighted by molar-refractivity contribution is 0.187. The summed E-state index contributed by atoms with van der Waals surface area (Å²) >= 11 is 1.71. The average molecular weight is 324 g/mol. The third kappa shape index (κ3) is 5.93. The van der Waals surface area contributed by atoms with Crippen LogP contribution in [0.15, 0.2) is 11.2 Å². The third-order valence-electron chi connectivity index (χ3n) is 3.85. The number of nitrogens with one attached hydrogen (secondary N) is 2. The Morgan fingerprint density at radius 2 is 2.36 bits per heavy atom. The van der Waals surface area contributed by atoms with Gasteiger partial charge in [0.15, 0.2) is 5.96 Å². The summed E-state index contributed by atoms with van der Waals surface area (Å²) in [6.07, 6.45) is 4.62. The highest BCUT2D eigenvalue weighted by molar-refractivity contribution is 7.11. The van der Waals surface area contributed by atoms with E-state index in [2.05, 4.69) is 46.3 Å². The molecule has 0 spiro atoms. The molecular weight excluding hydrogens is 294 g/mol. The zero-order valence-corrected chi connectivity index (χ0v) is 14.9. The number of aliphatic imine (C=N–C) groups is 1.